The van der Waals surface area contributed by atoms with E-state index < -0.39 is 0 Å². The fraction of sp³-hybridized carbons (Fsp3) is 0.471. The summed E-state index contributed by atoms with van der Waals surface area (Å²) < 4.78 is 5.48. The lowest BCUT2D eigenvalue weighted by Gasteiger charge is -2.38. The molecule has 0 aliphatic carbocycles. The van der Waals surface area contributed by atoms with E-state index in [4.69, 9.17) is 15.5 Å². The van der Waals surface area contributed by atoms with Gasteiger partial charge in [0.2, 0.25) is 0 Å². The highest BCUT2D eigenvalue weighted by atomic mass is 35.5. The fourth-order valence-corrected chi connectivity index (χ4v) is 3.13. The number of ether oxygens (including phenoxy) is 1. The standard InChI is InChI=1S/C17H23N3O.2ClH/c1-21-16-8-9-20(15(10-16)11-18)12-14-7-6-13-4-2-3-5-17(13)19-14;;/h2-7,15-16H,8-12,18H2,1H3;2*1H. The average Bonchev–Trinajstić information content (AvgIpc) is 2.55. The van der Waals surface area contributed by atoms with E-state index in [9.17, 15) is 0 Å². The lowest BCUT2D eigenvalue weighted by Crippen LogP contribution is -2.48. The van der Waals surface area contributed by atoms with Crippen LogP contribution in [0, 0.1) is 0 Å². The Morgan fingerprint density at radius 3 is 2.74 bits per heavy atom. The highest BCUT2D eigenvalue weighted by molar-refractivity contribution is 5.85. The molecule has 0 spiro atoms. The van der Waals surface area contributed by atoms with Crippen molar-refractivity contribution in [3.05, 3.63) is 42.1 Å². The summed E-state index contributed by atoms with van der Waals surface area (Å²) in [5, 5.41) is 1.19. The third-order valence-corrected chi connectivity index (χ3v) is 4.42. The quantitative estimate of drug-likeness (QED) is 0.913. The molecule has 6 heteroatoms. The molecule has 0 radical (unpaired) electrons. The normalized spacial score (nSPS) is 21.5. The maximum absolute atomic E-state index is 5.94. The van der Waals surface area contributed by atoms with Crippen LogP contribution in [0.2, 0.25) is 0 Å². The van der Waals surface area contributed by atoms with Gasteiger partial charge in [0.25, 0.3) is 0 Å². The Hall–Kier alpha value is -0.910. The van der Waals surface area contributed by atoms with Gasteiger partial charge < -0.3 is 10.5 Å². The SMILES string of the molecule is COC1CCN(Cc2ccc3ccccc3n2)C(CN)C1.Cl.Cl. The van der Waals surface area contributed by atoms with E-state index in [1.807, 2.05) is 12.1 Å². The third-order valence-electron chi connectivity index (χ3n) is 4.42. The number of benzene rings is 1. The molecule has 1 fully saturated rings. The van der Waals surface area contributed by atoms with Crippen molar-refractivity contribution in [3.8, 4) is 0 Å². The minimum Gasteiger partial charge on any atom is -0.381 e. The number of nitrogens with two attached hydrogens (primary N) is 1. The zero-order valence-corrected chi connectivity index (χ0v) is 15.0. The first-order chi connectivity index (χ1) is 10.3. The largest absolute Gasteiger partial charge is 0.381 e. The van der Waals surface area contributed by atoms with Crippen molar-refractivity contribution in [2.24, 2.45) is 5.73 Å². The number of piperidine rings is 1. The molecule has 3 rings (SSSR count). The second kappa shape index (κ2) is 9.40. The van der Waals surface area contributed by atoms with Gasteiger partial charge in [-0.3, -0.25) is 9.88 Å². The van der Waals surface area contributed by atoms with Gasteiger partial charge in [0.15, 0.2) is 0 Å². The molecule has 128 valence electrons. The molecule has 0 amide bonds. The van der Waals surface area contributed by atoms with Gasteiger partial charge in [0.1, 0.15) is 0 Å². The van der Waals surface area contributed by atoms with E-state index in [1.54, 1.807) is 7.11 Å². The molecular formula is C17H25Cl2N3O. The lowest BCUT2D eigenvalue weighted by atomic mass is 9.99. The van der Waals surface area contributed by atoms with Gasteiger partial charge in [-0.05, 0) is 25.0 Å². The van der Waals surface area contributed by atoms with E-state index in [2.05, 4.69) is 29.2 Å². The summed E-state index contributed by atoms with van der Waals surface area (Å²) in [5.74, 6) is 0. The smallest absolute Gasteiger partial charge is 0.0705 e. The number of halogens is 2. The van der Waals surface area contributed by atoms with E-state index >= 15 is 0 Å². The van der Waals surface area contributed by atoms with Gasteiger partial charge in [-0.15, -0.1) is 24.8 Å². The monoisotopic (exact) mass is 357 g/mol. The third kappa shape index (κ3) is 4.78. The molecule has 1 saturated heterocycles. The van der Waals surface area contributed by atoms with Crippen LogP contribution in [-0.2, 0) is 11.3 Å². The average molecular weight is 358 g/mol. The molecule has 2 heterocycles. The van der Waals surface area contributed by atoms with Gasteiger partial charge in [0, 0.05) is 38.2 Å². The summed E-state index contributed by atoms with van der Waals surface area (Å²) in [6.07, 6.45) is 2.43. The number of rotatable bonds is 4. The summed E-state index contributed by atoms with van der Waals surface area (Å²) >= 11 is 0. The maximum Gasteiger partial charge on any atom is 0.0705 e. The zero-order valence-electron chi connectivity index (χ0n) is 13.4. The summed E-state index contributed by atoms with van der Waals surface area (Å²) in [6.45, 7) is 2.56. The van der Waals surface area contributed by atoms with E-state index in [0.717, 1.165) is 37.1 Å². The Labute approximate surface area is 150 Å². The van der Waals surface area contributed by atoms with E-state index in [0.29, 0.717) is 18.7 Å². The van der Waals surface area contributed by atoms with Gasteiger partial charge in [-0.2, -0.15) is 0 Å². The number of fused-ring (bicyclic) bond motifs is 1. The number of likely N-dealkylation sites (tertiary alicyclic amines) is 1. The first kappa shape index (κ1) is 20.1. The topological polar surface area (TPSA) is 51.4 Å². The number of nitrogens with zero attached hydrogens (tertiary/aromatic N) is 2. The van der Waals surface area contributed by atoms with Crippen LogP contribution in [0.25, 0.3) is 10.9 Å². The summed E-state index contributed by atoms with van der Waals surface area (Å²) in [4.78, 5) is 7.20. The highest BCUT2D eigenvalue weighted by Crippen LogP contribution is 2.21. The lowest BCUT2D eigenvalue weighted by molar-refractivity contribution is 0.00981. The van der Waals surface area contributed by atoms with Crippen molar-refractivity contribution in [2.45, 2.75) is 31.5 Å². The van der Waals surface area contributed by atoms with E-state index in [-0.39, 0.29) is 24.8 Å². The summed E-state index contributed by atoms with van der Waals surface area (Å²) in [7, 11) is 1.79. The van der Waals surface area contributed by atoms with Crippen molar-refractivity contribution < 1.29 is 4.74 Å². The number of aromatic nitrogens is 1. The fourth-order valence-electron chi connectivity index (χ4n) is 3.13. The first-order valence-corrected chi connectivity index (χ1v) is 7.61. The van der Waals surface area contributed by atoms with Crippen LogP contribution >= 0.6 is 24.8 Å². The molecule has 4 nitrogen and oxygen atoms in total. The van der Waals surface area contributed by atoms with Crippen molar-refractivity contribution in [1.29, 1.82) is 0 Å². The number of hydrogen-bond donors (Lipinski definition) is 1. The second-order valence-corrected chi connectivity index (χ2v) is 5.74. The van der Waals surface area contributed by atoms with Crippen molar-refractivity contribution >= 4 is 35.7 Å². The molecule has 1 aromatic heterocycles. The van der Waals surface area contributed by atoms with Crippen molar-refractivity contribution in [2.75, 3.05) is 20.2 Å². The first-order valence-electron chi connectivity index (χ1n) is 7.61. The second-order valence-electron chi connectivity index (χ2n) is 5.74. The Balaban J connectivity index is 0.00000132. The van der Waals surface area contributed by atoms with Crippen LogP contribution < -0.4 is 5.73 Å². The molecule has 2 N–H and O–H groups in total. The molecule has 0 saturated carbocycles. The predicted octanol–water partition coefficient (Wildman–Crippen LogP) is 3.02. The highest BCUT2D eigenvalue weighted by Gasteiger charge is 2.27. The number of para-hydroxylation sites is 1. The van der Waals surface area contributed by atoms with Crippen LogP contribution in [0.1, 0.15) is 18.5 Å². The molecule has 1 aromatic carbocycles. The molecule has 2 atom stereocenters. The number of pyridine rings is 1. The minimum atomic E-state index is 0. The Morgan fingerprint density at radius 1 is 1.22 bits per heavy atom. The summed E-state index contributed by atoms with van der Waals surface area (Å²) in [5.41, 5.74) is 8.11. The predicted molar refractivity (Wildman–Crippen MR) is 99.5 cm³/mol. The van der Waals surface area contributed by atoms with Crippen molar-refractivity contribution in [3.63, 3.8) is 0 Å². The van der Waals surface area contributed by atoms with Crippen LogP contribution in [-0.4, -0.2) is 42.2 Å². The molecule has 2 unspecified atom stereocenters. The number of hydrogen-bond acceptors (Lipinski definition) is 4. The molecule has 2 aromatic rings. The maximum atomic E-state index is 5.94. The molecular weight excluding hydrogens is 333 g/mol. The van der Waals surface area contributed by atoms with Crippen LogP contribution in [0.4, 0.5) is 0 Å². The molecule has 1 aliphatic rings. The van der Waals surface area contributed by atoms with Gasteiger partial charge in [-0.1, -0.05) is 24.3 Å². The van der Waals surface area contributed by atoms with Crippen LogP contribution in [0.15, 0.2) is 36.4 Å². The minimum absolute atomic E-state index is 0. The Kier molecular flexibility index (Phi) is 8.23. The van der Waals surface area contributed by atoms with Crippen molar-refractivity contribution in [1.82, 2.24) is 9.88 Å². The zero-order chi connectivity index (χ0) is 14.7. The van der Waals surface area contributed by atoms with Gasteiger partial charge in [0.05, 0.1) is 17.3 Å². The summed E-state index contributed by atoms with van der Waals surface area (Å²) in [6, 6.07) is 12.9. The Morgan fingerprint density at radius 2 is 2.00 bits per heavy atom. The van der Waals surface area contributed by atoms with E-state index in [1.165, 1.54) is 5.39 Å². The van der Waals surface area contributed by atoms with Crippen LogP contribution in [0.5, 0.6) is 0 Å². The van der Waals surface area contributed by atoms with Gasteiger partial charge >= 0.3 is 0 Å². The molecule has 0 bridgehead atoms. The van der Waals surface area contributed by atoms with Crippen LogP contribution in [0.3, 0.4) is 0 Å². The molecule has 1 aliphatic heterocycles. The molecule has 23 heavy (non-hydrogen) atoms. The Bertz CT molecular complexity index is 611. The number of methoxy groups -OCH3 is 1. The van der Waals surface area contributed by atoms with Gasteiger partial charge in [-0.25, -0.2) is 0 Å².